The molecule has 92 valence electrons. The highest BCUT2D eigenvalue weighted by atomic mass is 16.5. The second-order valence-electron chi connectivity index (χ2n) is 4.48. The van der Waals surface area contributed by atoms with Gasteiger partial charge in [-0.15, -0.1) is 0 Å². The molecule has 0 bridgehead atoms. The second-order valence-corrected chi connectivity index (χ2v) is 4.48. The molecule has 1 aliphatic carbocycles. The first kappa shape index (κ1) is 11.9. The maximum atomic E-state index is 12.1. The van der Waals surface area contributed by atoms with Crippen LogP contribution in [0.1, 0.15) is 51.9 Å². The average molecular weight is 235 g/mol. The maximum absolute atomic E-state index is 12.1. The zero-order valence-electron chi connectivity index (χ0n) is 10.4. The number of carbonyl (C=O) groups is 2. The first-order valence-corrected chi connectivity index (χ1v) is 5.96. The van der Waals surface area contributed by atoms with Gasteiger partial charge >= 0.3 is 5.97 Å². The Morgan fingerprint density at radius 3 is 2.53 bits per heavy atom. The van der Waals surface area contributed by atoms with Gasteiger partial charge in [-0.2, -0.15) is 0 Å². The molecule has 1 fully saturated rings. The van der Waals surface area contributed by atoms with Gasteiger partial charge in [0.2, 0.25) is 0 Å². The van der Waals surface area contributed by atoms with Gasteiger partial charge in [-0.25, -0.2) is 4.79 Å². The molecule has 1 saturated carbocycles. The minimum Gasteiger partial charge on any atom is -0.461 e. The number of ether oxygens (including phenoxy) is 1. The first-order chi connectivity index (χ1) is 8.06. The summed E-state index contributed by atoms with van der Waals surface area (Å²) in [5, 5.41) is 0. The van der Waals surface area contributed by atoms with Gasteiger partial charge in [-0.1, -0.05) is 0 Å². The number of rotatable bonds is 4. The fourth-order valence-electron chi connectivity index (χ4n) is 1.93. The highest BCUT2D eigenvalue weighted by Gasteiger charge is 2.35. The average Bonchev–Trinajstić information content (AvgIpc) is 3.07. The van der Waals surface area contributed by atoms with Crippen molar-refractivity contribution in [1.82, 2.24) is 4.98 Å². The quantitative estimate of drug-likeness (QED) is 0.644. The van der Waals surface area contributed by atoms with Crippen molar-refractivity contribution in [2.75, 3.05) is 6.61 Å². The summed E-state index contributed by atoms with van der Waals surface area (Å²) in [5.74, 6) is -0.250. The summed E-state index contributed by atoms with van der Waals surface area (Å²) in [6.45, 7) is 5.79. The second kappa shape index (κ2) is 4.35. The minimum atomic E-state index is -0.437. The number of esters is 1. The van der Waals surface area contributed by atoms with E-state index in [0.717, 1.165) is 24.1 Å². The van der Waals surface area contributed by atoms with E-state index in [2.05, 4.69) is 4.98 Å². The van der Waals surface area contributed by atoms with Gasteiger partial charge in [0.05, 0.1) is 12.2 Å². The van der Waals surface area contributed by atoms with Crippen LogP contribution < -0.4 is 0 Å². The van der Waals surface area contributed by atoms with Crippen LogP contribution in [0.5, 0.6) is 0 Å². The van der Waals surface area contributed by atoms with E-state index in [1.807, 2.05) is 13.8 Å². The minimum absolute atomic E-state index is 0.0786. The number of aromatic nitrogens is 1. The van der Waals surface area contributed by atoms with Crippen LogP contribution in [0.15, 0.2) is 0 Å². The van der Waals surface area contributed by atoms with Crippen molar-refractivity contribution in [1.29, 1.82) is 0 Å². The van der Waals surface area contributed by atoms with E-state index < -0.39 is 5.97 Å². The van der Waals surface area contributed by atoms with E-state index in [1.54, 1.807) is 6.92 Å². The van der Waals surface area contributed by atoms with Crippen LogP contribution in [0.4, 0.5) is 0 Å². The van der Waals surface area contributed by atoms with Gasteiger partial charge in [-0.3, -0.25) is 4.79 Å². The van der Waals surface area contributed by atoms with Gasteiger partial charge in [0.1, 0.15) is 5.69 Å². The highest BCUT2D eigenvalue weighted by molar-refractivity contribution is 6.08. The molecule has 0 saturated heterocycles. The number of aromatic amines is 1. The third kappa shape index (κ3) is 2.12. The van der Waals surface area contributed by atoms with Crippen LogP contribution in [0.3, 0.4) is 0 Å². The Labute approximate surface area is 100 Å². The number of H-pyrrole nitrogens is 1. The Balaban J connectivity index is 2.40. The molecule has 0 spiro atoms. The standard InChI is InChI=1S/C13H17NO3/c1-4-17-13(16)11-10(7(2)8(3)14-11)12(15)9-5-6-9/h9,14H,4-6H2,1-3H3. The Morgan fingerprint density at radius 1 is 1.35 bits per heavy atom. The number of carbonyl (C=O) groups excluding carboxylic acids is 2. The third-order valence-electron chi connectivity index (χ3n) is 3.17. The summed E-state index contributed by atoms with van der Waals surface area (Å²) < 4.78 is 4.96. The van der Waals surface area contributed by atoms with Crippen molar-refractivity contribution >= 4 is 11.8 Å². The zero-order valence-corrected chi connectivity index (χ0v) is 10.4. The molecule has 1 aromatic rings. The lowest BCUT2D eigenvalue weighted by Gasteiger charge is -2.03. The zero-order chi connectivity index (χ0) is 12.6. The lowest BCUT2D eigenvalue weighted by Crippen LogP contribution is -2.12. The van der Waals surface area contributed by atoms with Crippen molar-refractivity contribution in [2.24, 2.45) is 5.92 Å². The number of hydrogen-bond donors (Lipinski definition) is 1. The molecule has 0 aliphatic heterocycles. The van der Waals surface area contributed by atoms with E-state index in [9.17, 15) is 9.59 Å². The van der Waals surface area contributed by atoms with Crippen molar-refractivity contribution in [2.45, 2.75) is 33.6 Å². The van der Waals surface area contributed by atoms with Crippen LogP contribution in [0.2, 0.25) is 0 Å². The van der Waals surface area contributed by atoms with Crippen molar-refractivity contribution < 1.29 is 14.3 Å². The molecule has 1 heterocycles. The number of ketones is 1. The van der Waals surface area contributed by atoms with E-state index in [1.165, 1.54) is 0 Å². The van der Waals surface area contributed by atoms with Crippen LogP contribution in [-0.4, -0.2) is 23.3 Å². The highest BCUT2D eigenvalue weighted by Crippen LogP contribution is 2.35. The van der Waals surface area contributed by atoms with Crippen molar-refractivity contribution in [3.8, 4) is 0 Å². The molecule has 0 amide bonds. The number of hydrogen-bond acceptors (Lipinski definition) is 3. The topological polar surface area (TPSA) is 59.2 Å². The molecule has 1 aliphatic rings. The molecule has 0 unspecified atom stereocenters. The molecule has 0 aromatic carbocycles. The molecule has 4 heteroatoms. The summed E-state index contributed by atoms with van der Waals surface area (Å²) in [6, 6.07) is 0. The van der Waals surface area contributed by atoms with Crippen LogP contribution in [0.25, 0.3) is 0 Å². The molecular formula is C13H17NO3. The van der Waals surface area contributed by atoms with Crippen LogP contribution in [-0.2, 0) is 4.74 Å². The van der Waals surface area contributed by atoms with Gasteiger partial charge in [0.15, 0.2) is 5.78 Å². The fraction of sp³-hybridized carbons (Fsp3) is 0.538. The Bertz CT molecular complexity index is 469. The molecule has 2 rings (SSSR count). The summed E-state index contributed by atoms with van der Waals surface area (Å²) in [6.07, 6.45) is 1.87. The normalized spacial score (nSPS) is 14.8. The maximum Gasteiger partial charge on any atom is 0.355 e. The van der Waals surface area contributed by atoms with E-state index in [0.29, 0.717) is 17.9 Å². The Kier molecular flexibility index (Phi) is 3.05. The van der Waals surface area contributed by atoms with E-state index in [-0.39, 0.29) is 11.7 Å². The van der Waals surface area contributed by atoms with Gasteiger partial charge in [0.25, 0.3) is 0 Å². The SMILES string of the molecule is CCOC(=O)c1[nH]c(C)c(C)c1C(=O)C1CC1. The van der Waals surface area contributed by atoms with E-state index in [4.69, 9.17) is 4.74 Å². The smallest absolute Gasteiger partial charge is 0.355 e. The van der Waals surface area contributed by atoms with Crippen LogP contribution >= 0.6 is 0 Å². The number of nitrogens with one attached hydrogen (secondary N) is 1. The largest absolute Gasteiger partial charge is 0.461 e. The van der Waals surface area contributed by atoms with Crippen LogP contribution in [0, 0.1) is 19.8 Å². The summed E-state index contributed by atoms with van der Waals surface area (Å²) in [7, 11) is 0. The molecule has 4 nitrogen and oxygen atoms in total. The van der Waals surface area contributed by atoms with Crippen molar-refractivity contribution in [3.63, 3.8) is 0 Å². The van der Waals surface area contributed by atoms with Gasteiger partial charge in [-0.05, 0) is 39.2 Å². The van der Waals surface area contributed by atoms with Gasteiger partial charge in [0, 0.05) is 11.6 Å². The molecule has 17 heavy (non-hydrogen) atoms. The molecule has 0 radical (unpaired) electrons. The third-order valence-corrected chi connectivity index (χ3v) is 3.17. The van der Waals surface area contributed by atoms with E-state index >= 15 is 0 Å². The first-order valence-electron chi connectivity index (χ1n) is 5.96. The monoisotopic (exact) mass is 235 g/mol. The Hall–Kier alpha value is -1.58. The summed E-state index contributed by atoms with van der Waals surface area (Å²) >= 11 is 0. The predicted molar refractivity (Wildman–Crippen MR) is 63.3 cm³/mol. The molecular weight excluding hydrogens is 218 g/mol. The molecule has 1 N–H and O–H groups in total. The number of aryl methyl sites for hydroxylation is 1. The molecule has 1 aromatic heterocycles. The Morgan fingerprint density at radius 2 is 2.00 bits per heavy atom. The number of Topliss-reactive ketones (excluding diaryl/α,β-unsaturated/α-hetero) is 1. The molecule has 0 atom stereocenters. The summed E-state index contributed by atoms with van der Waals surface area (Å²) in [4.78, 5) is 26.9. The van der Waals surface area contributed by atoms with Gasteiger partial charge < -0.3 is 9.72 Å². The fourth-order valence-corrected chi connectivity index (χ4v) is 1.93. The lowest BCUT2D eigenvalue weighted by molar-refractivity contribution is 0.0516. The lowest BCUT2D eigenvalue weighted by atomic mass is 10.0. The van der Waals surface area contributed by atoms with Crippen molar-refractivity contribution in [3.05, 3.63) is 22.5 Å². The summed E-state index contributed by atoms with van der Waals surface area (Å²) in [5.41, 5.74) is 2.57. The predicted octanol–water partition coefficient (Wildman–Crippen LogP) is 2.40.